The van der Waals surface area contributed by atoms with E-state index in [1.165, 1.54) is 154 Å². The first kappa shape index (κ1) is 39.7. The van der Waals surface area contributed by atoms with Gasteiger partial charge in [0.15, 0.2) is 0 Å². The van der Waals surface area contributed by atoms with Crippen LogP contribution in [0.1, 0.15) is 5.56 Å². The van der Waals surface area contributed by atoms with E-state index in [4.69, 9.17) is 0 Å². The molecular weight excluding hydrogens is 865 g/mol. The first-order chi connectivity index (χ1) is 35.6. The minimum atomic E-state index is 0.352. The van der Waals surface area contributed by atoms with Crippen molar-refractivity contribution in [3.05, 3.63) is 283 Å². The number of allylic oxidation sites excluding steroid dienone is 14. The van der Waals surface area contributed by atoms with Gasteiger partial charge in [-0.3, -0.25) is 0 Å². The van der Waals surface area contributed by atoms with E-state index in [0.717, 1.165) is 0 Å². The molecule has 0 bridgehead atoms. The van der Waals surface area contributed by atoms with E-state index in [0.29, 0.717) is 11.8 Å². The summed E-state index contributed by atoms with van der Waals surface area (Å²) in [5.74, 6) is 0.741. The summed E-state index contributed by atoms with van der Waals surface area (Å²) in [7, 11) is 0. The molecule has 0 heteroatoms. The molecule has 2 atom stereocenters. The normalized spacial score (nSPS) is 16.9. The van der Waals surface area contributed by atoms with E-state index >= 15 is 0 Å². The summed E-state index contributed by atoms with van der Waals surface area (Å²) >= 11 is 0. The second kappa shape index (κ2) is 15.2. The van der Waals surface area contributed by atoms with E-state index in [-0.39, 0.29) is 0 Å². The number of hydrogen-bond donors (Lipinski definition) is 0. The Morgan fingerprint density at radius 3 is 1.14 bits per heavy atom. The van der Waals surface area contributed by atoms with Crippen LogP contribution in [0.15, 0.2) is 277 Å². The van der Waals surface area contributed by atoms with Crippen LogP contribution in [0, 0.1) is 11.8 Å². The van der Waals surface area contributed by atoms with E-state index in [1.807, 2.05) is 0 Å². The largest absolute Gasteiger partial charge is 0.0617 e. The average Bonchev–Trinajstić information content (AvgIpc) is 3.45. The van der Waals surface area contributed by atoms with Crippen LogP contribution >= 0.6 is 0 Å². The van der Waals surface area contributed by atoms with Crippen molar-refractivity contribution in [3.8, 4) is 55.6 Å². The van der Waals surface area contributed by atoms with Crippen molar-refractivity contribution >= 4 is 70.2 Å². The first-order valence-corrected chi connectivity index (χ1v) is 25.4. The molecule has 0 fully saturated rings. The maximum atomic E-state index is 2.38. The van der Waals surface area contributed by atoms with Crippen molar-refractivity contribution in [1.82, 2.24) is 0 Å². The molecule has 4 aliphatic carbocycles. The highest BCUT2D eigenvalue weighted by Gasteiger charge is 2.38. The Labute approximate surface area is 418 Å². The second-order valence-electron chi connectivity index (χ2n) is 20.3. The number of rotatable bonds is 6. The van der Waals surface area contributed by atoms with E-state index < -0.39 is 0 Å². The lowest BCUT2D eigenvalue weighted by atomic mass is 9.63. The Morgan fingerprint density at radius 2 is 0.639 bits per heavy atom. The molecule has 16 rings (SSSR count). The molecule has 0 heterocycles. The Balaban J connectivity index is 0.795. The van der Waals surface area contributed by atoms with Crippen LogP contribution in [0.4, 0.5) is 0 Å². The fourth-order valence-electron chi connectivity index (χ4n) is 13.1. The lowest BCUT2D eigenvalue weighted by Gasteiger charge is -2.40. The molecule has 0 spiro atoms. The van der Waals surface area contributed by atoms with Crippen LogP contribution < -0.4 is 0 Å². The predicted octanol–water partition coefficient (Wildman–Crippen LogP) is 19.3. The molecule has 72 heavy (non-hydrogen) atoms. The summed E-state index contributed by atoms with van der Waals surface area (Å²) in [6, 6.07) is 75.7. The quantitative estimate of drug-likeness (QED) is 0.146. The molecule has 12 aromatic carbocycles. The summed E-state index contributed by atoms with van der Waals surface area (Å²) in [5, 5.41) is 15.7. The van der Waals surface area contributed by atoms with Crippen molar-refractivity contribution < 1.29 is 0 Å². The Morgan fingerprint density at radius 1 is 0.250 bits per heavy atom. The van der Waals surface area contributed by atoms with Gasteiger partial charge in [0.1, 0.15) is 0 Å². The third-order valence-corrected chi connectivity index (χ3v) is 16.6. The molecule has 0 amide bonds. The fourth-order valence-corrected chi connectivity index (χ4v) is 13.1. The average molecular weight is 909 g/mol. The third kappa shape index (κ3) is 5.93. The van der Waals surface area contributed by atoms with Gasteiger partial charge in [-0.25, -0.2) is 0 Å². The van der Waals surface area contributed by atoms with Crippen LogP contribution in [-0.2, 0) is 0 Å². The Hall–Kier alpha value is -9.10. The lowest BCUT2D eigenvalue weighted by Crippen LogP contribution is -2.29. The van der Waals surface area contributed by atoms with Crippen LogP contribution in [0.25, 0.3) is 126 Å². The van der Waals surface area contributed by atoms with Gasteiger partial charge < -0.3 is 0 Å². The lowest BCUT2D eigenvalue weighted by molar-refractivity contribution is 0.566. The summed E-state index contributed by atoms with van der Waals surface area (Å²) in [4.78, 5) is 0. The molecule has 12 aromatic rings. The van der Waals surface area contributed by atoms with Crippen LogP contribution in [0.3, 0.4) is 0 Å². The molecular formula is C72H44. The van der Waals surface area contributed by atoms with Gasteiger partial charge in [-0.2, -0.15) is 0 Å². The highest BCUT2D eigenvalue weighted by atomic mass is 14.4. The third-order valence-electron chi connectivity index (χ3n) is 16.6. The van der Waals surface area contributed by atoms with Gasteiger partial charge in [0.2, 0.25) is 0 Å². The molecule has 2 unspecified atom stereocenters. The van der Waals surface area contributed by atoms with Crippen molar-refractivity contribution in [2.24, 2.45) is 11.8 Å². The zero-order chi connectivity index (χ0) is 47.0. The van der Waals surface area contributed by atoms with Gasteiger partial charge in [-0.05, 0) is 172 Å². The fraction of sp³-hybridized carbons (Fsp3) is 0.0278. The van der Waals surface area contributed by atoms with E-state index in [1.54, 1.807) is 0 Å². The highest BCUT2D eigenvalue weighted by molar-refractivity contribution is 6.26. The number of hydrogen-bond acceptors (Lipinski definition) is 0. The molecule has 0 saturated carbocycles. The SMILES string of the molecule is C1=CC2=CC=C3C=CC(c4ccc(-c5cc(-c6ccc(-c7ccc8ccc9cccc%10ccc7c8c9%10)cc6)cc(-c6ccc(-c7ccc8ccc9cccc%10ccc7c8c9%10)cc6)c5)cc4)=C4C=CC(=C1)C2C34. The second-order valence-corrected chi connectivity index (χ2v) is 20.3. The summed E-state index contributed by atoms with van der Waals surface area (Å²) < 4.78 is 0. The molecule has 0 aromatic heterocycles. The van der Waals surface area contributed by atoms with E-state index in [2.05, 4.69) is 255 Å². The molecule has 0 radical (unpaired) electrons. The maximum absolute atomic E-state index is 2.38. The zero-order valence-corrected chi connectivity index (χ0v) is 39.4. The van der Waals surface area contributed by atoms with Crippen LogP contribution in [-0.4, -0.2) is 0 Å². The molecule has 4 aliphatic rings. The first-order valence-electron chi connectivity index (χ1n) is 25.4. The molecule has 0 saturated heterocycles. The summed E-state index contributed by atoms with van der Waals surface area (Å²) in [6.07, 6.45) is 20.8. The van der Waals surface area contributed by atoms with Gasteiger partial charge in [0.05, 0.1) is 0 Å². The minimum absolute atomic E-state index is 0.352. The molecule has 0 aliphatic heterocycles. The highest BCUT2D eigenvalue weighted by Crippen LogP contribution is 2.51. The minimum Gasteiger partial charge on any atom is -0.0617 e. The zero-order valence-electron chi connectivity index (χ0n) is 39.4. The number of benzene rings is 12. The van der Waals surface area contributed by atoms with Gasteiger partial charge in [-0.15, -0.1) is 0 Å². The van der Waals surface area contributed by atoms with Crippen LogP contribution in [0.5, 0.6) is 0 Å². The monoisotopic (exact) mass is 908 g/mol. The molecule has 332 valence electrons. The van der Waals surface area contributed by atoms with Crippen LogP contribution in [0.2, 0.25) is 0 Å². The van der Waals surface area contributed by atoms with Gasteiger partial charge in [0, 0.05) is 11.8 Å². The van der Waals surface area contributed by atoms with Gasteiger partial charge >= 0.3 is 0 Å². The topological polar surface area (TPSA) is 0 Å². The molecule has 0 N–H and O–H groups in total. The van der Waals surface area contributed by atoms with Crippen molar-refractivity contribution in [2.45, 2.75) is 0 Å². The Kier molecular flexibility index (Phi) is 8.38. The van der Waals surface area contributed by atoms with Crippen molar-refractivity contribution in [2.75, 3.05) is 0 Å². The standard InChI is InChI=1S/C72H44/c1-4-49-22-25-55-28-34-61(64-37-31-52(7-1)67(49)70(55)64)46-16-10-43(11-17-46)58-40-59(44-12-18-47(19-13-44)62-35-29-56-26-23-50-5-2-8-53-32-38-65(62)71(56)68(50)53)42-60(41-58)45-14-20-48(21-15-45)63-36-30-57-27-24-51-6-3-9-54-33-39-66(63)72(57)69(51)54/h1-42,67,70H. The van der Waals surface area contributed by atoms with Gasteiger partial charge in [0.25, 0.3) is 0 Å². The summed E-state index contributed by atoms with van der Waals surface area (Å²) in [5.41, 5.74) is 20.4. The smallest absolute Gasteiger partial charge is 0.0205 e. The predicted molar refractivity (Wildman–Crippen MR) is 307 cm³/mol. The van der Waals surface area contributed by atoms with Gasteiger partial charge in [-0.1, -0.05) is 237 Å². The molecule has 0 nitrogen and oxygen atoms in total. The maximum Gasteiger partial charge on any atom is 0.0205 e. The van der Waals surface area contributed by atoms with E-state index in [9.17, 15) is 0 Å². The Bertz CT molecular complexity index is 4260. The van der Waals surface area contributed by atoms with Crippen molar-refractivity contribution in [1.29, 1.82) is 0 Å². The summed E-state index contributed by atoms with van der Waals surface area (Å²) in [6.45, 7) is 0. The van der Waals surface area contributed by atoms with Crippen molar-refractivity contribution in [3.63, 3.8) is 0 Å².